The van der Waals surface area contributed by atoms with Gasteiger partial charge in [0.15, 0.2) is 12.2 Å². The van der Waals surface area contributed by atoms with Crippen molar-refractivity contribution in [1.82, 2.24) is 0 Å². The smallest absolute Gasteiger partial charge is 0.462 e. The van der Waals surface area contributed by atoms with Gasteiger partial charge in [-0.05, 0) is 116 Å². The molecule has 0 aromatic rings. The molecule has 19 heteroatoms. The van der Waals surface area contributed by atoms with E-state index in [1.807, 2.05) is 48.6 Å². The van der Waals surface area contributed by atoms with Crippen LogP contribution in [-0.4, -0.2) is 96.7 Å². The number of ether oxygens (including phenoxy) is 4. The van der Waals surface area contributed by atoms with Crippen molar-refractivity contribution in [3.63, 3.8) is 0 Å². The van der Waals surface area contributed by atoms with Crippen molar-refractivity contribution < 1.29 is 80.2 Å². The number of phosphoric ester groups is 2. The summed E-state index contributed by atoms with van der Waals surface area (Å²) in [6, 6.07) is 0. The second kappa shape index (κ2) is 71.3. The van der Waals surface area contributed by atoms with Crippen LogP contribution in [0, 0.1) is 0 Å². The quantitative estimate of drug-likeness (QED) is 0.0169. The fourth-order valence-electron chi connectivity index (χ4n) is 8.69. The molecule has 0 amide bonds. The zero-order valence-electron chi connectivity index (χ0n) is 61.0. The van der Waals surface area contributed by atoms with Gasteiger partial charge < -0.3 is 33.8 Å². The molecule has 17 nitrogen and oxygen atoms in total. The number of aliphatic hydroxyl groups is 1. The monoisotopic (exact) mass is 1430 g/mol. The molecular weight excluding hydrogens is 1310 g/mol. The predicted octanol–water partition coefficient (Wildman–Crippen LogP) is 21.0. The highest BCUT2D eigenvalue weighted by Crippen LogP contribution is 2.45. The standard InChI is InChI=1S/C81H126O17P2/c1-5-9-13-17-21-25-29-32-35-36-37-38-41-43-47-50-54-58-62-66-79(84)92-72-77(98-81(86)68-64-60-56-52-48-44-40-34-31-27-23-19-15-11-7-3)74-96-100(89,90)94-70-75(82)69-93-99(87,88)95-73-76(97-80(85)67-63-59-55-51-45-28-24-20-16-12-8-4)71-91-78(83)65-61-57-53-49-46-42-39-33-30-26-22-18-14-10-6-2/h9-11,13-15,21-23,25-27,32-35,37-40,43,46-49,52,54,57-58,60-61,64,75-77,82H,5-8,12,16-20,24,28-31,36,41-42,44-45,50-51,53,55-56,59,62-63,65-74H2,1-4H3,(H,87,88)(H,89,90)/b13-9-,14-10-,15-11-,25-21-,26-22-,27-23-,35-32-,38-37-,39-33-,40-34-,47-43-,49-46-,52-48-,58-54-,61-57-,64-60-. The Kier molecular flexibility index (Phi) is 67.0. The van der Waals surface area contributed by atoms with Crippen LogP contribution in [0.15, 0.2) is 194 Å². The van der Waals surface area contributed by atoms with Crippen LogP contribution in [0.25, 0.3) is 0 Å². The summed E-state index contributed by atoms with van der Waals surface area (Å²) in [4.78, 5) is 72.6. The molecule has 0 saturated carbocycles. The Balaban J connectivity index is 5.55. The van der Waals surface area contributed by atoms with Crippen molar-refractivity contribution in [2.24, 2.45) is 0 Å². The van der Waals surface area contributed by atoms with Crippen LogP contribution >= 0.6 is 15.6 Å². The molecule has 562 valence electrons. The number of phosphoric acid groups is 2. The summed E-state index contributed by atoms with van der Waals surface area (Å²) >= 11 is 0. The number of allylic oxidation sites excluding steroid dienone is 30. The molecule has 3 N–H and O–H groups in total. The molecule has 0 saturated heterocycles. The molecule has 0 heterocycles. The molecule has 0 fully saturated rings. The number of rotatable bonds is 66. The van der Waals surface area contributed by atoms with E-state index in [-0.39, 0.29) is 25.7 Å². The summed E-state index contributed by atoms with van der Waals surface area (Å²) in [5.41, 5.74) is 0. The highest BCUT2D eigenvalue weighted by Gasteiger charge is 2.30. The summed E-state index contributed by atoms with van der Waals surface area (Å²) in [6.45, 7) is 4.14. The lowest BCUT2D eigenvalue weighted by atomic mass is 10.1. The third kappa shape index (κ3) is 70.3. The van der Waals surface area contributed by atoms with Gasteiger partial charge in [0.25, 0.3) is 0 Å². The molecule has 0 rings (SSSR count). The molecule has 0 aliphatic carbocycles. The first-order valence-electron chi connectivity index (χ1n) is 36.7. The molecule has 5 atom stereocenters. The highest BCUT2D eigenvalue weighted by atomic mass is 31.2. The van der Waals surface area contributed by atoms with E-state index >= 15 is 0 Å². The second-order valence-electron chi connectivity index (χ2n) is 23.4. The molecule has 0 radical (unpaired) electrons. The lowest BCUT2D eigenvalue weighted by Crippen LogP contribution is -2.30. The van der Waals surface area contributed by atoms with Crippen LogP contribution in [0.2, 0.25) is 0 Å². The molecule has 0 aliphatic rings. The number of hydrogen-bond donors (Lipinski definition) is 3. The van der Waals surface area contributed by atoms with Crippen molar-refractivity contribution in [3.05, 3.63) is 194 Å². The molecule has 0 aromatic heterocycles. The first-order valence-corrected chi connectivity index (χ1v) is 39.7. The fourth-order valence-corrected chi connectivity index (χ4v) is 10.3. The minimum atomic E-state index is -5.03. The number of carbonyl (C=O) groups is 4. The van der Waals surface area contributed by atoms with E-state index in [1.54, 1.807) is 18.2 Å². The zero-order chi connectivity index (χ0) is 73.2. The van der Waals surface area contributed by atoms with Crippen LogP contribution in [-0.2, 0) is 65.4 Å². The van der Waals surface area contributed by atoms with Gasteiger partial charge in [-0.2, -0.15) is 0 Å². The van der Waals surface area contributed by atoms with Crippen LogP contribution in [0.3, 0.4) is 0 Å². The Labute approximate surface area is 602 Å². The number of carbonyl (C=O) groups excluding carboxylic acids is 4. The minimum absolute atomic E-state index is 0.00699. The Morgan fingerprint density at radius 1 is 0.300 bits per heavy atom. The molecular formula is C81H126O17P2. The predicted molar refractivity (Wildman–Crippen MR) is 408 cm³/mol. The topological polar surface area (TPSA) is 237 Å². The maximum atomic E-state index is 13.1. The van der Waals surface area contributed by atoms with E-state index in [0.717, 1.165) is 109 Å². The summed E-state index contributed by atoms with van der Waals surface area (Å²) in [5.74, 6) is -2.60. The van der Waals surface area contributed by atoms with Gasteiger partial charge in [0.1, 0.15) is 19.3 Å². The fraction of sp³-hybridized carbons (Fsp3) is 0.556. The van der Waals surface area contributed by atoms with Gasteiger partial charge in [-0.25, -0.2) is 9.13 Å². The van der Waals surface area contributed by atoms with E-state index in [4.69, 9.17) is 37.0 Å². The summed E-state index contributed by atoms with van der Waals surface area (Å²) < 4.78 is 68.0. The van der Waals surface area contributed by atoms with Gasteiger partial charge in [-0.1, -0.05) is 286 Å². The summed E-state index contributed by atoms with van der Waals surface area (Å²) in [5, 5.41) is 10.6. The first kappa shape index (κ1) is 93.9. The Bertz CT molecular complexity index is 2670. The highest BCUT2D eigenvalue weighted by molar-refractivity contribution is 7.47. The van der Waals surface area contributed by atoms with Gasteiger partial charge in [0.05, 0.1) is 39.3 Å². The van der Waals surface area contributed by atoms with E-state index in [1.165, 1.54) is 38.5 Å². The third-order valence-corrected chi connectivity index (χ3v) is 16.0. The summed E-state index contributed by atoms with van der Waals surface area (Å²) in [6.07, 6.45) is 86.6. The average molecular weight is 1430 g/mol. The maximum Gasteiger partial charge on any atom is 0.472 e. The molecule has 0 aliphatic heterocycles. The molecule has 100 heavy (non-hydrogen) atoms. The van der Waals surface area contributed by atoms with Crippen LogP contribution in [0.1, 0.15) is 233 Å². The van der Waals surface area contributed by atoms with Crippen molar-refractivity contribution in [3.8, 4) is 0 Å². The van der Waals surface area contributed by atoms with Crippen LogP contribution in [0.4, 0.5) is 0 Å². The lowest BCUT2D eigenvalue weighted by molar-refractivity contribution is -0.160. The molecule has 0 bridgehead atoms. The number of esters is 4. The zero-order valence-corrected chi connectivity index (χ0v) is 62.8. The molecule has 5 unspecified atom stereocenters. The maximum absolute atomic E-state index is 13.1. The van der Waals surface area contributed by atoms with Crippen molar-refractivity contribution >= 4 is 39.5 Å². The number of aliphatic hydroxyl groups excluding tert-OH is 1. The van der Waals surface area contributed by atoms with Gasteiger partial charge >= 0.3 is 39.5 Å². The summed E-state index contributed by atoms with van der Waals surface area (Å²) in [7, 11) is -10.0. The van der Waals surface area contributed by atoms with E-state index in [2.05, 4.69) is 155 Å². The van der Waals surface area contributed by atoms with Crippen LogP contribution < -0.4 is 0 Å². The van der Waals surface area contributed by atoms with Gasteiger partial charge in [-0.3, -0.25) is 37.3 Å². The lowest BCUT2D eigenvalue weighted by Gasteiger charge is -2.21. The van der Waals surface area contributed by atoms with E-state index < -0.39 is 97.5 Å². The minimum Gasteiger partial charge on any atom is -0.462 e. The first-order chi connectivity index (χ1) is 48.7. The van der Waals surface area contributed by atoms with Crippen molar-refractivity contribution in [2.45, 2.75) is 251 Å². The van der Waals surface area contributed by atoms with Crippen molar-refractivity contribution in [1.29, 1.82) is 0 Å². The second-order valence-corrected chi connectivity index (χ2v) is 26.3. The number of hydrogen-bond acceptors (Lipinski definition) is 15. The van der Waals surface area contributed by atoms with Gasteiger partial charge in [0.2, 0.25) is 0 Å². The molecule has 0 aromatic carbocycles. The Hall–Kier alpha value is -6.10. The Morgan fingerprint density at radius 2 is 0.570 bits per heavy atom. The van der Waals surface area contributed by atoms with E-state index in [9.17, 15) is 43.2 Å². The normalized spacial score (nSPS) is 15.1. The van der Waals surface area contributed by atoms with Crippen LogP contribution in [0.5, 0.6) is 0 Å². The largest absolute Gasteiger partial charge is 0.472 e. The number of unbranched alkanes of at least 4 members (excludes halogenated alkanes) is 10. The van der Waals surface area contributed by atoms with Crippen molar-refractivity contribution in [2.75, 3.05) is 39.6 Å². The van der Waals surface area contributed by atoms with Gasteiger partial charge in [-0.15, -0.1) is 0 Å². The SMILES string of the molecule is CC/C=C\C/C=C\C/C=C\C/C=C\C/C=C\C/C=C\CCC(=O)OCC(COP(=O)(O)OCC(O)COP(=O)(O)OCC(COC(=O)C/C=C\C/C=C\C/C=C\C/C=C\C/C=C\CC)OC(=O)CCCCCCCCCCCCC)OC(=O)C/C=C\C/C=C\C/C=C\C/C=C\C/C=C\CC. The molecule has 0 spiro atoms. The van der Waals surface area contributed by atoms with E-state index in [0.29, 0.717) is 32.1 Å². The third-order valence-electron chi connectivity index (χ3n) is 14.1. The Morgan fingerprint density at radius 3 is 0.910 bits per heavy atom. The van der Waals surface area contributed by atoms with Gasteiger partial charge in [0, 0.05) is 12.8 Å². The average Bonchev–Trinajstić information content (AvgIpc) is 0.985.